The maximum Gasteiger partial charge on any atom is 0.207 e. The highest BCUT2D eigenvalue weighted by atomic mass is 16.5. The molecule has 20 heavy (non-hydrogen) atoms. The van der Waals surface area contributed by atoms with Crippen LogP contribution in [0.4, 0.5) is 11.6 Å². The highest BCUT2D eigenvalue weighted by Crippen LogP contribution is 2.37. The predicted molar refractivity (Wildman–Crippen MR) is 82.0 cm³/mol. The van der Waals surface area contributed by atoms with Crippen LogP contribution in [0.5, 0.6) is 5.75 Å². The van der Waals surface area contributed by atoms with Gasteiger partial charge in [0.25, 0.3) is 0 Å². The second kappa shape index (κ2) is 4.93. The molecule has 2 aromatic carbocycles. The van der Waals surface area contributed by atoms with Gasteiger partial charge in [0, 0.05) is 17.8 Å². The number of hydrogen-bond acceptors (Lipinski definition) is 3. The summed E-state index contributed by atoms with van der Waals surface area (Å²) in [5.41, 5.74) is 2.18. The van der Waals surface area contributed by atoms with Crippen LogP contribution in [0.15, 0.2) is 53.1 Å². The number of benzene rings is 2. The van der Waals surface area contributed by atoms with E-state index < -0.39 is 0 Å². The van der Waals surface area contributed by atoms with Gasteiger partial charge in [-0.1, -0.05) is 24.3 Å². The molecule has 0 saturated heterocycles. The Labute approximate surface area is 118 Å². The lowest BCUT2D eigenvalue weighted by molar-refractivity contribution is 0.415. The summed E-state index contributed by atoms with van der Waals surface area (Å²) in [4.78, 5) is 2.02. The van der Waals surface area contributed by atoms with Crippen molar-refractivity contribution in [1.29, 1.82) is 0 Å². The van der Waals surface area contributed by atoms with Gasteiger partial charge in [0.05, 0.1) is 12.8 Å². The van der Waals surface area contributed by atoms with Crippen LogP contribution >= 0.6 is 0 Å². The molecule has 1 aromatic heterocycles. The molecule has 0 bridgehead atoms. The van der Waals surface area contributed by atoms with E-state index in [1.54, 1.807) is 13.4 Å². The number of nitrogens with zero attached hydrogens (tertiary/aromatic N) is 1. The fourth-order valence-corrected chi connectivity index (χ4v) is 2.41. The average Bonchev–Trinajstić information content (AvgIpc) is 2.90. The molecule has 3 aromatic rings. The summed E-state index contributed by atoms with van der Waals surface area (Å²) in [7, 11) is 3.67. The van der Waals surface area contributed by atoms with Gasteiger partial charge in [0.2, 0.25) is 5.88 Å². The standard InChI is InChI=1S/C17H17NO2/c1-12-8-9-16(19-3)15(10-12)18(2)17-14-7-5-4-6-13(14)11-20-17/h4-11H,1-3H3. The maximum absolute atomic E-state index is 5.74. The van der Waals surface area contributed by atoms with Crippen LogP contribution in [0.3, 0.4) is 0 Å². The summed E-state index contributed by atoms with van der Waals surface area (Å²) in [5, 5.41) is 2.19. The molecule has 102 valence electrons. The van der Waals surface area contributed by atoms with E-state index >= 15 is 0 Å². The summed E-state index contributed by atoms with van der Waals surface area (Å²) in [6, 6.07) is 14.2. The van der Waals surface area contributed by atoms with Crippen LogP contribution in [-0.4, -0.2) is 14.2 Å². The number of rotatable bonds is 3. The molecule has 0 unspecified atom stereocenters. The Balaban J connectivity index is 2.13. The molecule has 0 saturated carbocycles. The Hall–Kier alpha value is -2.42. The molecular weight excluding hydrogens is 250 g/mol. The van der Waals surface area contributed by atoms with Crippen molar-refractivity contribution in [3.05, 3.63) is 54.3 Å². The van der Waals surface area contributed by atoms with E-state index in [9.17, 15) is 0 Å². The second-order valence-electron chi connectivity index (χ2n) is 4.86. The Bertz CT molecular complexity index is 746. The number of methoxy groups -OCH3 is 1. The fourth-order valence-electron chi connectivity index (χ4n) is 2.41. The minimum atomic E-state index is 0.824. The lowest BCUT2D eigenvalue weighted by atomic mass is 10.1. The molecule has 0 aliphatic heterocycles. The highest BCUT2D eigenvalue weighted by molar-refractivity contribution is 5.93. The van der Waals surface area contributed by atoms with E-state index in [4.69, 9.17) is 9.15 Å². The number of anilines is 2. The summed E-state index contributed by atoms with van der Waals surface area (Å²) < 4.78 is 11.2. The Morgan fingerprint density at radius 1 is 1.10 bits per heavy atom. The van der Waals surface area contributed by atoms with Gasteiger partial charge in [0.15, 0.2) is 0 Å². The van der Waals surface area contributed by atoms with Crippen LogP contribution < -0.4 is 9.64 Å². The third-order valence-corrected chi connectivity index (χ3v) is 3.49. The Morgan fingerprint density at radius 2 is 1.90 bits per heavy atom. The molecule has 0 aliphatic carbocycles. The van der Waals surface area contributed by atoms with Gasteiger partial charge in [-0.05, 0) is 30.7 Å². The number of furan rings is 1. The monoisotopic (exact) mass is 267 g/mol. The van der Waals surface area contributed by atoms with E-state index in [2.05, 4.69) is 19.1 Å². The summed E-state index contributed by atoms with van der Waals surface area (Å²) in [5.74, 6) is 1.66. The maximum atomic E-state index is 5.74. The molecule has 0 amide bonds. The van der Waals surface area contributed by atoms with Gasteiger partial charge in [-0.3, -0.25) is 0 Å². The Kier molecular flexibility index (Phi) is 3.11. The Morgan fingerprint density at radius 3 is 2.70 bits per heavy atom. The molecule has 0 fully saturated rings. The lowest BCUT2D eigenvalue weighted by Crippen LogP contribution is -2.10. The van der Waals surface area contributed by atoms with Gasteiger partial charge in [-0.2, -0.15) is 0 Å². The highest BCUT2D eigenvalue weighted by Gasteiger charge is 2.15. The SMILES string of the molecule is COc1ccc(C)cc1N(C)c1occ2ccccc12. The van der Waals surface area contributed by atoms with Crippen molar-refractivity contribution in [2.24, 2.45) is 0 Å². The quantitative estimate of drug-likeness (QED) is 0.697. The molecular formula is C17H17NO2. The van der Waals surface area contributed by atoms with E-state index in [0.29, 0.717) is 0 Å². The van der Waals surface area contributed by atoms with Crippen LogP contribution in [0, 0.1) is 6.92 Å². The van der Waals surface area contributed by atoms with Gasteiger partial charge in [-0.15, -0.1) is 0 Å². The van der Waals surface area contributed by atoms with Crippen molar-refractivity contribution in [3.63, 3.8) is 0 Å². The van der Waals surface area contributed by atoms with E-state index in [1.807, 2.05) is 42.3 Å². The summed E-state index contributed by atoms with van der Waals surface area (Å²) in [6.45, 7) is 2.07. The minimum Gasteiger partial charge on any atom is -0.495 e. The zero-order valence-corrected chi connectivity index (χ0v) is 11.9. The first-order valence-electron chi connectivity index (χ1n) is 6.55. The molecule has 0 radical (unpaired) electrons. The van der Waals surface area contributed by atoms with Gasteiger partial charge >= 0.3 is 0 Å². The molecule has 3 heteroatoms. The van der Waals surface area contributed by atoms with Crippen LogP contribution in [-0.2, 0) is 0 Å². The van der Waals surface area contributed by atoms with Crippen molar-refractivity contribution < 1.29 is 9.15 Å². The molecule has 1 heterocycles. The lowest BCUT2D eigenvalue weighted by Gasteiger charge is -2.20. The number of ether oxygens (including phenoxy) is 1. The molecule has 3 rings (SSSR count). The molecule has 0 N–H and O–H groups in total. The topological polar surface area (TPSA) is 25.6 Å². The first-order valence-corrected chi connectivity index (χ1v) is 6.55. The van der Waals surface area contributed by atoms with E-state index in [0.717, 1.165) is 28.1 Å². The third kappa shape index (κ3) is 2.01. The zero-order valence-electron chi connectivity index (χ0n) is 11.9. The molecule has 0 spiro atoms. The first-order chi connectivity index (χ1) is 9.70. The van der Waals surface area contributed by atoms with E-state index in [-0.39, 0.29) is 0 Å². The zero-order chi connectivity index (χ0) is 14.1. The van der Waals surface area contributed by atoms with Crippen LogP contribution in [0.25, 0.3) is 10.8 Å². The van der Waals surface area contributed by atoms with Gasteiger partial charge in [-0.25, -0.2) is 0 Å². The largest absolute Gasteiger partial charge is 0.495 e. The third-order valence-electron chi connectivity index (χ3n) is 3.49. The fraction of sp³-hybridized carbons (Fsp3) is 0.176. The van der Waals surface area contributed by atoms with Crippen molar-refractivity contribution in [1.82, 2.24) is 0 Å². The van der Waals surface area contributed by atoms with Gasteiger partial charge in [0.1, 0.15) is 12.0 Å². The number of aryl methyl sites for hydroxylation is 1. The smallest absolute Gasteiger partial charge is 0.207 e. The summed E-state index contributed by atoms with van der Waals surface area (Å²) in [6.07, 6.45) is 1.78. The molecule has 3 nitrogen and oxygen atoms in total. The number of hydrogen-bond donors (Lipinski definition) is 0. The molecule has 0 aliphatic rings. The normalized spacial score (nSPS) is 10.8. The van der Waals surface area contributed by atoms with E-state index in [1.165, 1.54) is 5.56 Å². The average molecular weight is 267 g/mol. The van der Waals surface area contributed by atoms with Crippen molar-refractivity contribution in [2.75, 3.05) is 19.1 Å². The van der Waals surface area contributed by atoms with Crippen molar-refractivity contribution >= 4 is 22.3 Å². The van der Waals surface area contributed by atoms with Crippen molar-refractivity contribution in [3.8, 4) is 5.75 Å². The summed E-state index contributed by atoms with van der Waals surface area (Å²) >= 11 is 0. The second-order valence-corrected chi connectivity index (χ2v) is 4.86. The van der Waals surface area contributed by atoms with Gasteiger partial charge < -0.3 is 14.1 Å². The first kappa shape index (κ1) is 12.6. The predicted octanol–water partition coefficient (Wildman–Crippen LogP) is 4.52. The molecule has 0 atom stereocenters. The number of fused-ring (bicyclic) bond motifs is 1. The van der Waals surface area contributed by atoms with Crippen molar-refractivity contribution in [2.45, 2.75) is 6.92 Å². The van der Waals surface area contributed by atoms with Crippen LogP contribution in [0.2, 0.25) is 0 Å². The van der Waals surface area contributed by atoms with Crippen LogP contribution in [0.1, 0.15) is 5.56 Å². The minimum absolute atomic E-state index is 0.824.